The largest absolute Gasteiger partial charge is 0.465 e. The molecule has 0 aliphatic carbocycles. The minimum absolute atomic E-state index is 0. The van der Waals surface area contributed by atoms with Crippen molar-refractivity contribution in [2.45, 2.75) is 25.5 Å². The number of esters is 2. The molecular formula is C20H24ClNO6. The van der Waals surface area contributed by atoms with Crippen molar-refractivity contribution >= 4 is 24.3 Å². The highest BCUT2D eigenvalue weighted by Crippen LogP contribution is 2.26. The minimum Gasteiger partial charge on any atom is -0.465 e. The van der Waals surface area contributed by atoms with Gasteiger partial charge in [-0.25, -0.2) is 9.59 Å². The van der Waals surface area contributed by atoms with Crippen LogP contribution in [0.15, 0.2) is 34.7 Å². The predicted molar refractivity (Wildman–Crippen MR) is 105 cm³/mol. The zero-order chi connectivity index (χ0) is 19.2. The van der Waals surface area contributed by atoms with Gasteiger partial charge in [0.25, 0.3) is 0 Å². The Kier molecular flexibility index (Phi) is 8.04. The number of methoxy groups -OCH3 is 2. The summed E-state index contributed by atoms with van der Waals surface area (Å²) in [6.45, 7) is 2.18. The fourth-order valence-corrected chi connectivity index (χ4v) is 3.03. The summed E-state index contributed by atoms with van der Waals surface area (Å²) < 4.78 is 21.0. The number of rotatable bonds is 7. The Morgan fingerprint density at radius 3 is 2.36 bits per heavy atom. The fraction of sp³-hybridized carbons (Fsp3) is 0.400. The molecule has 0 spiro atoms. The van der Waals surface area contributed by atoms with Crippen molar-refractivity contribution in [3.63, 3.8) is 0 Å². The second-order valence-corrected chi connectivity index (χ2v) is 6.31. The van der Waals surface area contributed by atoms with E-state index in [4.69, 9.17) is 18.6 Å². The number of furan rings is 1. The van der Waals surface area contributed by atoms with Crippen LogP contribution in [0.5, 0.6) is 0 Å². The van der Waals surface area contributed by atoms with Crippen LogP contribution >= 0.6 is 12.4 Å². The number of halogens is 1. The number of hydrogen-bond acceptors (Lipinski definition) is 7. The van der Waals surface area contributed by atoms with Crippen molar-refractivity contribution in [2.75, 3.05) is 27.4 Å². The smallest absolute Gasteiger partial charge is 0.337 e. The fourth-order valence-electron chi connectivity index (χ4n) is 3.03. The number of carbonyl (C=O) groups excluding carboxylic acids is 2. The average molecular weight is 410 g/mol. The number of nitrogens with one attached hydrogen (secondary N) is 1. The third kappa shape index (κ3) is 5.34. The predicted octanol–water partition coefficient (Wildman–Crippen LogP) is 3.21. The maximum Gasteiger partial charge on any atom is 0.337 e. The Labute approximate surface area is 169 Å². The van der Waals surface area contributed by atoms with E-state index in [0.717, 1.165) is 31.8 Å². The van der Waals surface area contributed by atoms with Gasteiger partial charge in [-0.2, -0.15) is 0 Å². The molecule has 0 radical (unpaired) electrons. The van der Waals surface area contributed by atoms with E-state index >= 15 is 0 Å². The molecule has 0 saturated carbocycles. The number of ether oxygens (including phenoxy) is 3. The molecule has 1 aromatic heterocycles. The summed E-state index contributed by atoms with van der Waals surface area (Å²) in [7, 11) is 2.58. The van der Waals surface area contributed by atoms with Crippen LogP contribution in [0.3, 0.4) is 0 Å². The van der Waals surface area contributed by atoms with E-state index in [2.05, 4.69) is 5.32 Å². The molecule has 1 aliphatic heterocycles. The van der Waals surface area contributed by atoms with Gasteiger partial charge in [0.2, 0.25) is 0 Å². The van der Waals surface area contributed by atoms with Crippen LogP contribution in [0.4, 0.5) is 0 Å². The van der Waals surface area contributed by atoms with Crippen LogP contribution in [0.1, 0.15) is 39.3 Å². The average Bonchev–Trinajstić information content (AvgIpc) is 3.38. The molecule has 1 aliphatic rings. The highest BCUT2D eigenvalue weighted by atomic mass is 35.5. The van der Waals surface area contributed by atoms with Crippen molar-refractivity contribution in [2.24, 2.45) is 0 Å². The molecule has 8 heteroatoms. The number of hydrogen-bond donors (Lipinski definition) is 1. The summed E-state index contributed by atoms with van der Waals surface area (Å²) in [5.74, 6) is 0.241. The molecule has 28 heavy (non-hydrogen) atoms. The van der Waals surface area contributed by atoms with Gasteiger partial charge in [0, 0.05) is 18.7 Å². The molecule has 152 valence electrons. The summed E-state index contributed by atoms with van der Waals surface area (Å²) >= 11 is 0. The summed E-state index contributed by atoms with van der Waals surface area (Å²) in [5, 5.41) is 3.32. The Morgan fingerprint density at radius 1 is 1.11 bits per heavy atom. The number of carbonyl (C=O) groups is 2. The lowest BCUT2D eigenvalue weighted by Crippen LogP contribution is -2.25. The van der Waals surface area contributed by atoms with E-state index in [1.165, 1.54) is 20.3 Å². The van der Waals surface area contributed by atoms with Crippen LogP contribution in [0, 0.1) is 0 Å². The molecule has 7 nitrogen and oxygen atoms in total. The second-order valence-electron chi connectivity index (χ2n) is 6.31. The summed E-state index contributed by atoms with van der Waals surface area (Å²) in [6, 6.07) is 8.36. The lowest BCUT2D eigenvalue weighted by Gasteiger charge is -2.09. The number of benzene rings is 1. The SMILES string of the molecule is COC(=O)c1cc(C(=O)OC)cc(-c2ccc(CNCC3CCCO3)o2)c1.Cl. The Balaban J connectivity index is 0.00000280. The first-order chi connectivity index (χ1) is 13.1. The van der Waals surface area contributed by atoms with E-state index in [1.54, 1.807) is 18.2 Å². The van der Waals surface area contributed by atoms with Crippen molar-refractivity contribution in [1.82, 2.24) is 5.32 Å². The summed E-state index contributed by atoms with van der Waals surface area (Å²) in [5.41, 5.74) is 1.11. The van der Waals surface area contributed by atoms with Crippen LogP contribution in [-0.2, 0) is 20.8 Å². The van der Waals surface area contributed by atoms with E-state index in [0.29, 0.717) is 17.9 Å². The Bertz CT molecular complexity index is 779. The van der Waals surface area contributed by atoms with Crippen molar-refractivity contribution in [3.8, 4) is 11.3 Å². The molecule has 0 amide bonds. The normalized spacial score (nSPS) is 15.7. The molecule has 1 saturated heterocycles. The lowest BCUT2D eigenvalue weighted by atomic mass is 10.0. The van der Waals surface area contributed by atoms with Gasteiger partial charge in [-0.3, -0.25) is 0 Å². The van der Waals surface area contributed by atoms with Gasteiger partial charge < -0.3 is 23.9 Å². The molecule has 1 fully saturated rings. The molecule has 1 unspecified atom stereocenters. The zero-order valence-corrected chi connectivity index (χ0v) is 16.7. The topological polar surface area (TPSA) is 87.0 Å². The Hall–Kier alpha value is -2.35. The lowest BCUT2D eigenvalue weighted by molar-refractivity contribution is 0.0599. The molecule has 1 aromatic carbocycles. The first-order valence-corrected chi connectivity index (χ1v) is 8.84. The summed E-state index contributed by atoms with van der Waals surface area (Å²) in [4.78, 5) is 23.8. The Morgan fingerprint density at radius 2 is 1.79 bits per heavy atom. The monoisotopic (exact) mass is 409 g/mol. The van der Waals surface area contributed by atoms with Crippen LogP contribution in [-0.4, -0.2) is 45.4 Å². The highest BCUT2D eigenvalue weighted by molar-refractivity contribution is 5.97. The minimum atomic E-state index is -0.535. The van der Waals surface area contributed by atoms with Crippen molar-refractivity contribution in [3.05, 3.63) is 47.2 Å². The molecule has 1 N–H and O–H groups in total. The molecule has 3 rings (SSSR count). The maximum atomic E-state index is 11.9. The van der Waals surface area contributed by atoms with Gasteiger partial charge in [-0.1, -0.05) is 0 Å². The first-order valence-electron chi connectivity index (χ1n) is 8.84. The summed E-state index contributed by atoms with van der Waals surface area (Å²) in [6.07, 6.45) is 2.45. The van der Waals surface area contributed by atoms with Crippen LogP contribution in [0.2, 0.25) is 0 Å². The molecule has 2 aromatic rings. The standard InChI is InChI=1S/C20H23NO6.ClH/c1-24-19(22)14-8-13(9-15(10-14)20(23)25-2)18-6-5-17(27-18)12-21-11-16-4-3-7-26-16;/h5-6,8-10,16,21H,3-4,7,11-12H2,1-2H3;1H. The molecule has 2 heterocycles. The van der Waals surface area contributed by atoms with E-state index in [9.17, 15) is 9.59 Å². The first kappa shape index (κ1) is 21.9. The van der Waals surface area contributed by atoms with Crippen molar-refractivity contribution < 1.29 is 28.2 Å². The van der Waals surface area contributed by atoms with Gasteiger partial charge >= 0.3 is 11.9 Å². The third-order valence-corrected chi connectivity index (χ3v) is 4.42. The molecule has 0 bridgehead atoms. The van der Waals surface area contributed by atoms with Crippen molar-refractivity contribution in [1.29, 1.82) is 0 Å². The third-order valence-electron chi connectivity index (χ3n) is 4.42. The van der Waals surface area contributed by atoms with Gasteiger partial charge in [0.15, 0.2) is 0 Å². The highest BCUT2D eigenvalue weighted by Gasteiger charge is 2.17. The van der Waals surface area contributed by atoms with Crippen LogP contribution < -0.4 is 5.32 Å². The van der Waals surface area contributed by atoms with Gasteiger partial charge in [0.1, 0.15) is 11.5 Å². The second kappa shape index (κ2) is 10.3. The quantitative estimate of drug-likeness (QED) is 0.702. The van der Waals surface area contributed by atoms with E-state index < -0.39 is 11.9 Å². The van der Waals surface area contributed by atoms with Crippen LogP contribution in [0.25, 0.3) is 11.3 Å². The maximum absolute atomic E-state index is 11.9. The van der Waals surface area contributed by atoms with E-state index in [1.807, 2.05) is 6.07 Å². The molecular weight excluding hydrogens is 386 g/mol. The van der Waals surface area contributed by atoms with Gasteiger partial charge in [-0.05, 0) is 43.2 Å². The van der Waals surface area contributed by atoms with Gasteiger partial charge in [-0.15, -0.1) is 12.4 Å². The van der Waals surface area contributed by atoms with E-state index in [-0.39, 0.29) is 29.6 Å². The zero-order valence-electron chi connectivity index (χ0n) is 15.9. The molecule has 1 atom stereocenters. The van der Waals surface area contributed by atoms with Gasteiger partial charge in [0.05, 0.1) is 38.0 Å².